The van der Waals surface area contributed by atoms with Crippen LogP contribution in [0.3, 0.4) is 0 Å². The summed E-state index contributed by atoms with van der Waals surface area (Å²) in [6.45, 7) is 5.92. The predicted octanol–water partition coefficient (Wildman–Crippen LogP) is 1.75. The molecule has 1 aromatic heterocycles. The number of rotatable bonds is 8. The van der Waals surface area contributed by atoms with Gasteiger partial charge in [0.1, 0.15) is 11.5 Å². The molecule has 84 valence electrons. The Morgan fingerprint density at radius 1 is 1.47 bits per heavy atom. The van der Waals surface area contributed by atoms with Gasteiger partial charge in [-0.1, -0.05) is 6.08 Å². The first-order valence-electron chi connectivity index (χ1n) is 5.04. The van der Waals surface area contributed by atoms with Crippen LogP contribution in [-0.4, -0.2) is 18.8 Å². The van der Waals surface area contributed by atoms with Crippen molar-refractivity contribution in [3.05, 3.63) is 36.3 Å². The van der Waals surface area contributed by atoms with E-state index in [0.29, 0.717) is 0 Å². The van der Waals surface area contributed by atoms with Crippen LogP contribution in [0.15, 0.2) is 29.2 Å². The number of nitrogens with one attached hydrogen (secondary N) is 1. The van der Waals surface area contributed by atoms with Gasteiger partial charge in [-0.3, -0.25) is 0 Å². The molecule has 0 spiro atoms. The molecule has 15 heavy (non-hydrogen) atoms. The van der Waals surface area contributed by atoms with Crippen LogP contribution in [0.1, 0.15) is 11.5 Å². The Kier molecular flexibility index (Phi) is 6.23. The highest BCUT2D eigenvalue weighted by Crippen LogP contribution is 2.14. The van der Waals surface area contributed by atoms with E-state index in [2.05, 4.69) is 11.9 Å². The van der Waals surface area contributed by atoms with Gasteiger partial charge < -0.3 is 15.5 Å². The lowest BCUT2D eigenvalue weighted by molar-refractivity contribution is 0.465. The standard InChI is InChI=1S/C11H18N2OS/c1-2-6-13-8-10-3-4-11(14-10)9-15-7-5-12/h2-4,13H,1,5-9,12H2. The third-order valence-electron chi connectivity index (χ3n) is 1.81. The van der Waals surface area contributed by atoms with Crippen LogP contribution in [0.4, 0.5) is 0 Å². The van der Waals surface area contributed by atoms with Gasteiger partial charge >= 0.3 is 0 Å². The summed E-state index contributed by atoms with van der Waals surface area (Å²) in [7, 11) is 0. The van der Waals surface area contributed by atoms with Crippen molar-refractivity contribution in [2.45, 2.75) is 12.3 Å². The largest absolute Gasteiger partial charge is 0.464 e. The normalized spacial score (nSPS) is 10.5. The zero-order valence-corrected chi connectivity index (χ0v) is 9.69. The molecule has 0 aromatic carbocycles. The third-order valence-corrected chi connectivity index (χ3v) is 2.82. The van der Waals surface area contributed by atoms with Gasteiger partial charge in [0, 0.05) is 18.8 Å². The molecule has 0 fully saturated rings. The Bertz CT molecular complexity index is 286. The lowest BCUT2D eigenvalue weighted by Crippen LogP contribution is -2.11. The van der Waals surface area contributed by atoms with Gasteiger partial charge in [-0.15, -0.1) is 6.58 Å². The molecule has 1 rings (SSSR count). The van der Waals surface area contributed by atoms with Gasteiger partial charge in [0.25, 0.3) is 0 Å². The Morgan fingerprint density at radius 3 is 3.00 bits per heavy atom. The number of furan rings is 1. The summed E-state index contributed by atoms with van der Waals surface area (Å²) in [5.41, 5.74) is 5.41. The predicted molar refractivity (Wildman–Crippen MR) is 65.8 cm³/mol. The van der Waals surface area contributed by atoms with Crippen LogP contribution in [0.5, 0.6) is 0 Å². The van der Waals surface area contributed by atoms with E-state index in [1.807, 2.05) is 18.2 Å². The van der Waals surface area contributed by atoms with Crippen LogP contribution >= 0.6 is 11.8 Å². The van der Waals surface area contributed by atoms with E-state index in [4.69, 9.17) is 10.2 Å². The second-order valence-electron chi connectivity index (χ2n) is 3.13. The number of thioether (sulfide) groups is 1. The van der Waals surface area contributed by atoms with Crippen LogP contribution in [0.25, 0.3) is 0 Å². The van der Waals surface area contributed by atoms with Crippen LogP contribution < -0.4 is 11.1 Å². The topological polar surface area (TPSA) is 51.2 Å². The third kappa shape index (κ3) is 5.06. The molecule has 1 heterocycles. The van der Waals surface area contributed by atoms with Gasteiger partial charge in [-0.2, -0.15) is 11.8 Å². The Hall–Kier alpha value is -0.710. The minimum Gasteiger partial charge on any atom is -0.464 e. The fraction of sp³-hybridized carbons (Fsp3) is 0.455. The Morgan fingerprint density at radius 2 is 2.27 bits per heavy atom. The van der Waals surface area contributed by atoms with Crippen LogP contribution in [0.2, 0.25) is 0 Å². The molecule has 3 N–H and O–H groups in total. The van der Waals surface area contributed by atoms with Gasteiger partial charge in [-0.25, -0.2) is 0 Å². The highest BCUT2D eigenvalue weighted by Gasteiger charge is 2.01. The van der Waals surface area contributed by atoms with Gasteiger partial charge in [0.05, 0.1) is 12.3 Å². The monoisotopic (exact) mass is 226 g/mol. The maximum atomic E-state index is 5.62. The van der Waals surface area contributed by atoms with Crippen molar-refractivity contribution in [2.75, 3.05) is 18.8 Å². The fourth-order valence-corrected chi connectivity index (χ4v) is 1.82. The van der Waals surface area contributed by atoms with Crippen molar-refractivity contribution in [1.82, 2.24) is 5.32 Å². The molecule has 3 nitrogen and oxygen atoms in total. The summed E-state index contributed by atoms with van der Waals surface area (Å²) >= 11 is 1.79. The van der Waals surface area contributed by atoms with E-state index in [0.717, 1.165) is 42.7 Å². The van der Waals surface area contributed by atoms with E-state index in [1.54, 1.807) is 11.8 Å². The SMILES string of the molecule is C=CCNCc1ccc(CSCCN)o1. The summed E-state index contributed by atoms with van der Waals surface area (Å²) in [4.78, 5) is 0. The second kappa shape index (κ2) is 7.56. The summed E-state index contributed by atoms with van der Waals surface area (Å²) in [6, 6.07) is 4.03. The zero-order chi connectivity index (χ0) is 10.9. The molecule has 0 aliphatic carbocycles. The van der Waals surface area contributed by atoms with Crippen molar-refractivity contribution in [1.29, 1.82) is 0 Å². The fourth-order valence-electron chi connectivity index (χ4n) is 1.15. The van der Waals surface area contributed by atoms with E-state index in [-0.39, 0.29) is 0 Å². The minimum atomic E-state index is 0.721. The highest BCUT2D eigenvalue weighted by molar-refractivity contribution is 7.98. The molecular weight excluding hydrogens is 208 g/mol. The molecule has 1 aromatic rings. The number of nitrogens with two attached hydrogens (primary N) is 1. The van der Waals surface area contributed by atoms with Gasteiger partial charge in [0.15, 0.2) is 0 Å². The van der Waals surface area contributed by atoms with E-state index in [9.17, 15) is 0 Å². The van der Waals surface area contributed by atoms with Gasteiger partial charge in [-0.05, 0) is 12.1 Å². The average molecular weight is 226 g/mol. The van der Waals surface area contributed by atoms with Crippen molar-refractivity contribution in [3.8, 4) is 0 Å². The molecule has 0 aliphatic rings. The maximum absolute atomic E-state index is 5.62. The first-order valence-corrected chi connectivity index (χ1v) is 6.19. The smallest absolute Gasteiger partial charge is 0.118 e. The molecule has 0 saturated heterocycles. The summed E-state index contributed by atoms with van der Waals surface area (Å²) < 4.78 is 5.62. The Balaban J connectivity index is 2.25. The molecule has 0 radical (unpaired) electrons. The van der Waals surface area contributed by atoms with Crippen molar-refractivity contribution in [2.24, 2.45) is 5.73 Å². The lowest BCUT2D eigenvalue weighted by Gasteiger charge is -1.98. The minimum absolute atomic E-state index is 0.721. The molecule has 0 saturated carbocycles. The first kappa shape index (κ1) is 12.4. The van der Waals surface area contributed by atoms with Gasteiger partial charge in [0.2, 0.25) is 0 Å². The van der Waals surface area contributed by atoms with Crippen molar-refractivity contribution < 1.29 is 4.42 Å². The molecule has 0 aliphatic heterocycles. The average Bonchev–Trinajstić information content (AvgIpc) is 2.67. The summed E-state index contributed by atoms with van der Waals surface area (Å²) in [6.07, 6.45) is 1.83. The molecule has 0 amide bonds. The first-order chi connectivity index (χ1) is 7.36. The molecule has 4 heteroatoms. The van der Waals surface area contributed by atoms with E-state index < -0.39 is 0 Å². The number of hydrogen-bond acceptors (Lipinski definition) is 4. The van der Waals surface area contributed by atoms with Crippen LogP contribution in [-0.2, 0) is 12.3 Å². The highest BCUT2D eigenvalue weighted by atomic mass is 32.2. The molecule has 0 bridgehead atoms. The zero-order valence-electron chi connectivity index (χ0n) is 8.87. The summed E-state index contributed by atoms with van der Waals surface area (Å²) in [5, 5.41) is 3.19. The summed E-state index contributed by atoms with van der Waals surface area (Å²) in [5.74, 6) is 3.87. The quantitative estimate of drug-likeness (QED) is 0.524. The van der Waals surface area contributed by atoms with Crippen LogP contribution in [0, 0.1) is 0 Å². The maximum Gasteiger partial charge on any atom is 0.118 e. The molecular formula is C11H18N2OS. The van der Waals surface area contributed by atoms with Crippen molar-refractivity contribution >= 4 is 11.8 Å². The molecule has 0 unspecified atom stereocenters. The van der Waals surface area contributed by atoms with E-state index >= 15 is 0 Å². The number of hydrogen-bond donors (Lipinski definition) is 2. The Labute approximate surface area is 95.1 Å². The van der Waals surface area contributed by atoms with E-state index in [1.165, 1.54) is 0 Å². The lowest BCUT2D eigenvalue weighted by atomic mass is 10.4. The second-order valence-corrected chi connectivity index (χ2v) is 4.23. The molecule has 0 atom stereocenters. The van der Waals surface area contributed by atoms with Crippen molar-refractivity contribution in [3.63, 3.8) is 0 Å².